The molecule has 0 amide bonds. The third-order valence-electron chi connectivity index (χ3n) is 2.90. The average Bonchev–Trinajstić information content (AvgIpc) is 2.39. The van der Waals surface area contributed by atoms with Gasteiger partial charge in [-0.3, -0.25) is 9.59 Å². The fourth-order valence-corrected chi connectivity index (χ4v) is 1.68. The van der Waals surface area contributed by atoms with Crippen molar-refractivity contribution in [3.8, 4) is 0 Å². The second-order valence-corrected chi connectivity index (χ2v) is 4.68. The van der Waals surface area contributed by atoms with Crippen molar-refractivity contribution in [2.24, 2.45) is 5.92 Å². The molecule has 0 aliphatic heterocycles. The highest BCUT2D eigenvalue weighted by atomic mass is 16.6. The maximum atomic E-state index is 11.9. The minimum absolute atomic E-state index is 0.150. The summed E-state index contributed by atoms with van der Waals surface area (Å²) in [6, 6.07) is 0. The van der Waals surface area contributed by atoms with Crippen LogP contribution in [0, 0.1) is 5.92 Å². The number of carbonyl (C=O) groups is 2. The zero-order valence-corrected chi connectivity index (χ0v) is 12.5. The standard InChI is InChI=1S/C14H26O6/c1-4-7-10(6-3)19-13(17)11(9-15)14(18)20-12(16)8-5-2/h10-11,14-15,18H,4-9H2,1-3H3. The summed E-state index contributed by atoms with van der Waals surface area (Å²) in [5.41, 5.74) is 0. The van der Waals surface area contributed by atoms with Crippen molar-refractivity contribution in [1.29, 1.82) is 0 Å². The van der Waals surface area contributed by atoms with E-state index in [1.165, 1.54) is 0 Å². The van der Waals surface area contributed by atoms with E-state index < -0.39 is 30.8 Å². The Kier molecular flexibility index (Phi) is 10.0. The Labute approximate surface area is 120 Å². The Bertz CT molecular complexity index is 291. The number of aliphatic hydroxyl groups excluding tert-OH is 2. The van der Waals surface area contributed by atoms with E-state index in [-0.39, 0.29) is 12.5 Å². The molecular formula is C14H26O6. The topological polar surface area (TPSA) is 93.1 Å². The van der Waals surface area contributed by atoms with Gasteiger partial charge in [-0.25, -0.2) is 0 Å². The number of ether oxygens (including phenoxy) is 2. The van der Waals surface area contributed by atoms with Crippen LogP contribution in [0.25, 0.3) is 0 Å². The van der Waals surface area contributed by atoms with E-state index in [4.69, 9.17) is 9.47 Å². The van der Waals surface area contributed by atoms with Crippen LogP contribution < -0.4 is 0 Å². The number of hydrogen-bond acceptors (Lipinski definition) is 6. The number of esters is 2. The maximum absolute atomic E-state index is 11.9. The van der Waals surface area contributed by atoms with Crippen molar-refractivity contribution < 1.29 is 29.3 Å². The highest BCUT2D eigenvalue weighted by Gasteiger charge is 2.31. The monoisotopic (exact) mass is 290 g/mol. The van der Waals surface area contributed by atoms with Gasteiger partial charge in [0.2, 0.25) is 6.29 Å². The predicted molar refractivity (Wildman–Crippen MR) is 72.7 cm³/mol. The molecule has 6 nitrogen and oxygen atoms in total. The van der Waals surface area contributed by atoms with Crippen LogP contribution in [0.3, 0.4) is 0 Å². The first-order valence-electron chi connectivity index (χ1n) is 7.18. The Hall–Kier alpha value is -1.14. The zero-order chi connectivity index (χ0) is 15.5. The molecule has 20 heavy (non-hydrogen) atoms. The molecule has 118 valence electrons. The summed E-state index contributed by atoms with van der Waals surface area (Å²) < 4.78 is 9.90. The third kappa shape index (κ3) is 6.86. The summed E-state index contributed by atoms with van der Waals surface area (Å²) in [6.07, 6.45) is 1.04. The first-order chi connectivity index (χ1) is 9.49. The van der Waals surface area contributed by atoms with Crippen LogP contribution in [0.1, 0.15) is 52.9 Å². The van der Waals surface area contributed by atoms with Gasteiger partial charge in [-0.2, -0.15) is 0 Å². The quantitative estimate of drug-likeness (QED) is 0.466. The molecule has 3 atom stereocenters. The number of rotatable bonds is 10. The maximum Gasteiger partial charge on any atom is 0.317 e. The van der Waals surface area contributed by atoms with E-state index in [2.05, 4.69) is 0 Å². The molecule has 0 spiro atoms. The van der Waals surface area contributed by atoms with Gasteiger partial charge >= 0.3 is 11.9 Å². The molecule has 0 bridgehead atoms. The Morgan fingerprint density at radius 1 is 1.10 bits per heavy atom. The highest BCUT2D eigenvalue weighted by Crippen LogP contribution is 2.14. The molecule has 0 aromatic carbocycles. The first kappa shape index (κ1) is 18.9. The summed E-state index contributed by atoms with van der Waals surface area (Å²) in [7, 11) is 0. The Morgan fingerprint density at radius 3 is 2.20 bits per heavy atom. The minimum Gasteiger partial charge on any atom is -0.462 e. The van der Waals surface area contributed by atoms with Crippen LogP contribution in [0.2, 0.25) is 0 Å². The zero-order valence-electron chi connectivity index (χ0n) is 12.5. The lowest BCUT2D eigenvalue weighted by Crippen LogP contribution is -2.37. The molecule has 6 heteroatoms. The smallest absolute Gasteiger partial charge is 0.317 e. The van der Waals surface area contributed by atoms with E-state index in [1.807, 2.05) is 13.8 Å². The van der Waals surface area contributed by atoms with Gasteiger partial charge in [0.05, 0.1) is 6.61 Å². The van der Waals surface area contributed by atoms with Gasteiger partial charge in [-0.15, -0.1) is 0 Å². The third-order valence-corrected chi connectivity index (χ3v) is 2.90. The van der Waals surface area contributed by atoms with Gasteiger partial charge in [0.25, 0.3) is 0 Å². The number of carbonyl (C=O) groups excluding carboxylic acids is 2. The molecule has 0 saturated carbocycles. The fourth-order valence-electron chi connectivity index (χ4n) is 1.68. The number of hydrogen-bond donors (Lipinski definition) is 2. The molecule has 0 aromatic heterocycles. The normalized spacial score (nSPS) is 15.2. The van der Waals surface area contributed by atoms with Gasteiger partial charge in [0, 0.05) is 6.42 Å². The first-order valence-corrected chi connectivity index (χ1v) is 7.18. The van der Waals surface area contributed by atoms with Crippen molar-refractivity contribution in [3.63, 3.8) is 0 Å². The van der Waals surface area contributed by atoms with Crippen LogP contribution in [0.5, 0.6) is 0 Å². The fraction of sp³-hybridized carbons (Fsp3) is 0.857. The molecule has 0 aliphatic carbocycles. The summed E-state index contributed by atoms with van der Waals surface area (Å²) in [4.78, 5) is 23.1. The second-order valence-electron chi connectivity index (χ2n) is 4.68. The summed E-state index contributed by atoms with van der Waals surface area (Å²) >= 11 is 0. The highest BCUT2D eigenvalue weighted by molar-refractivity contribution is 5.74. The Morgan fingerprint density at radius 2 is 1.75 bits per heavy atom. The van der Waals surface area contributed by atoms with E-state index in [0.29, 0.717) is 19.3 Å². The average molecular weight is 290 g/mol. The van der Waals surface area contributed by atoms with Gasteiger partial charge in [0.1, 0.15) is 12.0 Å². The van der Waals surface area contributed by atoms with Crippen molar-refractivity contribution in [3.05, 3.63) is 0 Å². The molecule has 0 radical (unpaired) electrons. The molecule has 0 aliphatic rings. The molecule has 0 heterocycles. The van der Waals surface area contributed by atoms with Crippen LogP contribution in [0.15, 0.2) is 0 Å². The largest absolute Gasteiger partial charge is 0.462 e. The molecule has 0 aromatic rings. The van der Waals surface area contributed by atoms with Crippen LogP contribution >= 0.6 is 0 Å². The van der Waals surface area contributed by atoms with Crippen molar-refractivity contribution in [2.45, 2.75) is 65.3 Å². The molecule has 0 rings (SSSR count). The summed E-state index contributed by atoms with van der Waals surface area (Å²) in [5, 5.41) is 18.9. The van der Waals surface area contributed by atoms with Gasteiger partial charge in [-0.05, 0) is 19.3 Å². The number of aliphatic hydroxyl groups is 2. The van der Waals surface area contributed by atoms with Crippen LogP contribution in [0.4, 0.5) is 0 Å². The molecule has 2 N–H and O–H groups in total. The lowest BCUT2D eigenvalue weighted by atomic mass is 10.1. The second kappa shape index (κ2) is 10.6. The lowest BCUT2D eigenvalue weighted by molar-refractivity contribution is -0.192. The molecular weight excluding hydrogens is 264 g/mol. The van der Waals surface area contributed by atoms with Crippen molar-refractivity contribution in [1.82, 2.24) is 0 Å². The van der Waals surface area contributed by atoms with Gasteiger partial charge < -0.3 is 19.7 Å². The molecule has 3 unspecified atom stereocenters. The molecule has 0 saturated heterocycles. The van der Waals surface area contributed by atoms with Crippen molar-refractivity contribution >= 4 is 11.9 Å². The van der Waals surface area contributed by atoms with Crippen LogP contribution in [-0.4, -0.2) is 41.2 Å². The van der Waals surface area contributed by atoms with E-state index >= 15 is 0 Å². The van der Waals surface area contributed by atoms with Gasteiger partial charge in [0.15, 0.2) is 0 Å². The van der Waals surface area contributed by atoms with E-state index in [9.17, 15) is 19.8 Å². The predicted octanol–water partition coefficient (Wildman–Crippen LogP) is 1.38. The summed E-state index contributed by atoms with van der Waals surface area (Å²) in [6.45, 7) is 5.02. The minimum atomic E-state index is -1.68. The SMILES string of the molecule is CCCC(=O)OC(O)C(CO)C(=O)OC(CC)CCC. The molecule has 0 fully saturated rings. The van der Waals surface area contributed by atoms with E-state index in [0.717, 1.165) is 6.42 Å². The summed E-state index contributed by atoms with van der Waals surface area (Å²) in [5.74, 6) is -2.61. The van der Waals surface area contributed by atoms with Crippen molar-refractivity contribution in [2.75, 3.05) is 6.61 Å². The van der Waals surface area contributed by atoms with Gasteiger partial charge in [-0.1, -0.05) is 27.2 Å². The van der Waals surface area contributed by atoms with Crippen LogP contribution in [-0.2, 0) is 19.1 Å². The Balaban J connectivity index is 4.48. The lowest BCUT2D eigenvalue weighted by Gasteiger charge is -2.22. The van der Waals surface area contributed by atoms with E-state index in [1.54, 1.807) is 6.92 Å².